The van der Waals surface area contributed by atoms with Crippen molar-refractivity contribution in [1.82, 2.24) is 9.97 Å². The predicted octanol–water partition coefficient (Wildman–Crippen LogP) is 10.1. The molecule has 3 heteroatoms. The van der Waals surface area contributed by atoms with Crippen molar-refractivity contribution in [2.24, 2.45) is 0 Å². The second kappa shape index (κ2) is 9.83. The molecule has 0 aliphatic carbocycles. The van der Waals surface area contributed by atoms with Gasteiger partial charge in [-0.1, -0.05) is 139 Å². The Morgan fingerprint density at radius 2 is 0.795 bits per heavy atom. The maximum atomic E-state index is 6.66. The molecule has 2 nitrogen and oxygen atoms in total. The van der Waals surface area contributed by atoms with Gasteiger partial charge in [0.2, 0.25) is 0 Å². The molecule has 0 radical (unpaired) electrons. The lowest BCUT2D eigenvalue weighted by Crippen LogP contribution is -1.96. The van der Waals surface area contributed by atoms with Crippen molar-refractivity contribution in [1.29, 1.82) is 0 Å². The van der Waals surface area contributed by atoms with E-state index in [2.05, 4.69) is 126 Å². The minimum atomic E-state index is 0.419. The highest BCUT2D eigenvalue weighted by Gasteiger charge is 2.16. The molecule has 0 aliphatic heterocycles. The lowest BCUT2D eigenvalue weighted by molar-refractivity contribution is 1.19. The van der Waals surface area contributed by atoms with Crippen molar-refractivity contribution in [3.8, 4) is 44.9 Å². The predicted molar refractivity (Wildman–Crippen MR) is 164 cm³/mol. The summed E-state index contributed by atoms with van der Waals surface area (Å²) in [6, 6.07) is 48.2. The quantitative estimate of drug-likeness (QED) is 0.216. The minimum Gasteiger partial charge on any atom is -0.228 e. The summed E-state index contributed by atoms with van der Waals surface area (Å²) in [5.41, 5.74) is 7.53. The molecule has 0 atom stereocenters. The average Bonchev–Trinajstić information content (AvgIpc) is 3.00. The molecule has 7 rings (SSSR count). The van der Waals surface area contributed by atoms with Gasteiger partial charge >= 0.3 is 0 Å². The van der Waals surface area contributed by atoms with Crippen LogP contribution in [0.4, 0.5) is 0 Å². The van der Waals surface area contributed by atoms with Crippen LogP contribution in [0.5, 0.6) is 0 Å². The number of hydrogen-bond acceptors (Lipinski definition) is 2. The van der Waals surface area contributed by atoms with E-state index >= 15 is 0 Å². The second-order valence-electron chi connectivity index (χ2n) is 9.54. The van der Waals surface area contributed by atoms with Crippen LogP contribution >= 0.6 is 11.6 Å². The third-order valence-corrected chi connectivity index (χ3v) is 7.42. The summed E-state index contributed by atoms with van der Waals surface area (Å²) >= 11 is 6.66. The summed E-state index contributed by atoms with van der Waals surface area (Å²) in [6.45, 7) is 0. The van der Waals surface area contributed by atoms with Crippen LogP contribution in [0.2, 0.25) is 5.15 Å². The zero-order valence-corrected chi connectivity index (χ0v) is 21.8. The fraction of sp³-hybridized carbons (Fsp3) is 0. The molecule has 0 fully saturated rings. The Morgan fingerprint density at radius 3 is 1.33 bits per heavy atom. The van der Waals surface area contributed by atoms with E-state index in [1.54, 1.807) is 0 Å². The number of fused-ring (bicyclic) bond motifs is 2. The highest BCUT2D eigenvalue weighted by atomic mass is 35.5. The van der Waals surface area contributed by atoms with Gasteiger partial charge in [-0.25, -0.2) is 9.97 Å². The zero-order valence-electron chi connectivity index (χ0n) is 21.1. The number of nitrogens with zero attached hydrogens (tertiary/aromatic N) is 2. The van der Waals surface area contributed by atoms with E-state index < -0.39 is 0 Å². The number of benzene rings is 6. The fourth-order valence-electron chi connectivity index (χ4n) is 5.43. The fourth-order valence-corrected chi connectivity index (χ4v) is 5.61. The van der Waals surface area contributed by atoms with Gasteiger partial charge in [0.05, 0.1) is 5.69 Å². The van der Waals surface area contributed by atoms with E-state index in [4.69, 9.17) is 16.6 Å². The lowest BCUT2D eigenvalue weighted by Gasteiger charge is -2.14. The van der Waals surface area contributed by atoms with E-state index in [1.807, 2.05) is 18.2 Å². The van der Waals surface area contributed by atoms with Crippen LogP contribution in [0, 0.1) is 0 Å². The maximum absolute atomic E-state index is 6.66. The van der Waals surface area contributed by atoms with Crippen molar-refractivity contribution >= 4 is 33.1 Å². The molecule has 0 N–H and O–H groups in total. The van der Waals surface area contributed by atoms with Gasteiger partial charge in [0.15, 0.2) is 5.82 Å². The SMILES string of the molecule is Clc1cc(-c2ccc(-c3ccccc3)c3ccccc23)nc(-c2ccc(-c3ccccc3)c3ccccc23)n1. The van der Waals surface area contributed by atoms with Crippen molar-refractivity contribution in [2.75, 3.05) is 0 Å². The number of halogens is 1. The van der Waals surface area contributed by atoms with Crippen molar-refractivity contribution < 1.29 is 0 Å². The molecular formula is C36H23ClN2. The highest BCUT2D eigenvalue weighted by molar-refractivity contribution is 6.29. The van der Waals surface area contributed by atoms with Gasteiger partial charge in [0, 0.05) is 17.2 Å². The smallest absolute Gasteiger partial charge is 0.162 e. The summed E-state index contributed by atoms with van der Waals surface area (Å²) in [5.74, 6) is 0.615. The van der Waals surface area contributed by atoms with E-state index in [1.165, 1.54) is 27.6 Å². The molecule has 1 aromatic heterocycles. The van der Waals surface area contributed by atoms with Crippen molar-refractivity contribution in [3.05, 3.63) is 145 Å². The first-order valence-corrected chi connectivity index (χ1v) is 13.3. The third-order valence-electron chi connectivity index (χ3n) is 7.23. The number of aromatic nitrogens is 2. The Labute approximate surface area is 232 Å². The third kappa shape index (κ3) is 4.25. The van der Waals surface area contributed by atoms with Gasteiger partial charge in [-0.3, -0.25) is 0 Å². The summed E-state index contributed by atoms with van der Waals surface area (Å²) in [5, 5.41) is 4.97. The molecule has 0 saturated heterocycles. The average molecular weight is 519 g/mol. The molecule has 1 heterocycles. The van der Waals surface area contributed by atoms with E-state index in [0.29, 0.717) is 11.0 Å². The van der Waals surface area contributed by atoms with Gasteiger partial charge in [-0.05, 0) is 49.9 Å². The molecular weight excluding hydrogens is 496 g/mol. The normalized spacial score (nSPS) is 11.2. The molecule has 6 aromatic carbocycles. The van der Waals surface area contributed by atoms with Crippen LogP contribution in [0.15, 0.2) is 140 Å². The summed E-state index contributed by atoms with van der Waals surface area (Å²) in [4.78, 5) is 9.77. The second-order valence-corrected chi connectivity index (χ2v) is 9.93. The molecule has 39 heavy (non-hydrogen) atoms. The first-order valence-electron chi connectivity index (χ1n) is 13.0. The maximum Gasteiger partial charge on any atom is 0.162 e. The van der Waals surface area contributed by atoms with Crippen LogP contribution in [-0.2, 0) is 0 Å². The van der Waals surface area contributed by atoms with Gasteiger partial charge < -0.3 is 0 Å². The van der Waals surface area contributed by atoms with Crippen LogP contribution in [-0.4, -0.2) is 9.97 Å². The number of rotatable bonds is 4. The van der Waals surface area contributed by atoms with E-state index in [0.717, 1.165) is 33.0 Å². The van der Waals surface area contributed by atoms with E-state index in [9.17, 15) is 0 Å². The number of hydrogen-bond donors (Lipinski definition) is 0. The molecule has 0 spiro atoms. The highest BCUT2D eigenvalue weighted by Crippen LogP contribution is 2.38. The summed E-state index contributed by atoms with van der Waals surface area (Å²) < 4.78 is 0. The van der Waals surface area contributed by atoms with Gasteiger partial charge in [0.25, 0.3) is 0 Å². The van der Waals surface area contributed by atoms with Crippen LogP contribution in [0.25, 0.3) is 66.4 Å². The minimum absolute atomic E-state index is 0.419. The molecule has 0 aliphatic rings. The topological polar surface area (TPSA) is 25.8 Å². The first-order chi connectivity index (χ1) is 19.3. The molecule has 0 unspecified atom stereocenters. The monoisotopic (exact) mass is 518 g/mol. The van der Waals surface area contributed by atoms with Gasteiger partial charge in [0.1, 0.15) is 5.15 Å². The molecule has 7 aromatic rings. The Bertz CT molecular complexity index is 1820. The standard InChI is InChI=1S/C36H23ClN2/c37-35-23-34(32-21-19-26(24-11-3-1-4-12-24)28-15-7-9-17-30(28)32)38-36(39-35)33-22-20-27(25-13-5-2-6-14-25)29-16-8-10-18-31(29)33/h1-23H. The van der Waals surface area contributed by atoms with Crippen LogP contribution in [0.3, 0.4) is 0 Å². The zero-order chi connectivity index (χ0) is 26.2. The summed E-state index contributed by atoms with van der Waals surface area (Å²) in [6.07, 6.45) is 0. The van der Waals surface area contributed by atoms with Crippen LogP contribution in [0.1, 0.15) is 0 Å². The Morgan fingerprint density at radius 1 is 0.385 bits per heavy atom. The Kier molecular flexibility index (Phi) is 5.88. The largest absolute Gasteiger partial charge is 0.228 e. The molecule has 0 amide bonds. The Balaban J connectivity index is 1.41. The van der Waals surface area contributed by atoms with Gasteiger partial charge in [-0.15, -0.1) is 0 Å². The van der Waals surface area contributed by atoms with Crippen LogP contribution < -0.4 is 0 Å². The Hall–Kier alpha value is -4.79. The molecule has 0 saturated carbocycles. The van der Waals surface area contributed by atoms with Gasteiger partial charge in [-0.2, -0.15) is 0 Å². The van der Waals surface area contributed by atoms with Crippen molar-refractivity contribution in [2.45, 2.75) is 0 Å². The van der Waals surface area contributed by atoms with E-state index in [-0.39, 0.29) is 0 Å². The first kappa shape index (κ1) is 23.3. The van der Waals surface area contributed by atoms with Crippen molar-refractivity contribution in [3.63, 3.8) is 0 Å². The lowest BCUT2D eigenvalue weighted by atomic mass is 9.93. The molecule has 184 valence electrons. The molecule has 0 bridgehead atoms. The summed E-state index contributed by atoms with van der Waals surface area (Å²) in [7, 11) is 0.